The van der Waals surface area contributed by atoms with Gasteiger partial charge < -0.3 is 14.5 Å². The predicted molar refractivity (Wildman–Crippen MR) is 142 cm³/mol. The Labute approximate surface area is 216 Å². The van der Waals surface area contributed by atoms with Crippen molar-refractivity contribution in [3.05, 3.63) is 53.4 Å². The fraction of sp³-hybridized carbons (Fsp3) is 0.633. The Hall–Kier alpha value is -2.34. The number of nitrogens with zero attached hydrogens (tertiary/aromatic N) is 3. The summed E-state index contributed by atoms with van der Waals surface area (Å²) in [6.45, 7) is 4.38. The first-order valence-corrected chi connectivity index (χ1v) is 13.7. The van der Waals surface area contributed by atoms with Crippen LogP contribution < -0.4 is 4.74 Å². The van der Waals surface area contributed by atoms with Crippen LogP contribution in [0.2, 0.25) is 0 Å². The summed E-state index contributed by atoms with van der Waals surface area (Å²) < 4.78 is 19.8. The third kappa shape index (κ3) is 4.57. The second-order valence-electron chi connectivity index (χ2n) is 11.9. The van der Waals surface area contributed by atoms with Gasteiger partial charge in [0.05, 0.1) is 12.6 Å². The van der Waals surface area contributed by atoms with E-state index in [1.54, 1.807) is 13.2 Å². The van der Waals surface area contributed by atoms with E-state index in [9.17, 15) is 9.18 Å². The Balaban J connectivity index is 1.39. The maximum absolute atomic E-state index is 14.5. The Morgan fingerprint density at radius 2 is 1.81 bits per heavy atom. The standard InChI is InChI=1S/C30H42FN3O2/c1-22-16-25(18-26(31)17-22)30(32(2)3)14-12-29(13-15-30)21-33(19-24-8-10-27(36-4)11-9-24)28(35)34(29)20-23-6-5-7-23/h8-11,16,18,22-23H,5-7,12-15,17,19-21H2,1-4H3. The molecule has 0 radical (unpaired) electrons. The molecule has 3 aliphatic carbocycles. The molecule has 4 aliphatic rings. The van der Waals surface area contributed by atoms with E-state index >= 15 is 0 Å². The summed E-state index contributed by atoms with van der Waals surface area (Å²) in [5.41, 5.74) is 1.95. The highest BCUT2D eigenvalue weighted by Gasteiger charge is 2.55. The second kappa shape index (κ2) is 9.85. The molecule has 0 N–H and O–H groups in total. The van der Waals surface area contributed by atoms with Gasteiger partial charge in [-0.25, -0.2) is 9.18 Å². The number of likely N-dealkylation sites (N-methyl/N-ethyl adjacent to an activating group) is 1. The molecule has 1 saturated heterocycles. The minimum Gasteiger partial charge on any atom is -0.497 e. The summed E-state index contributed by atoms with van der Waals surface area (Å²) in [6, 6.07) is 8.24. The highest BCUT2D eigenvalue weighted by Crippen LogP contribution is 2.49. The SMILES string of the molecule is COc1ccc(CN2CC3(CCC(C4=CC(C)CC(F)=C4)(N(C)C)CC3)N(CC3CCC3)C2=O)cc1. The zero-order valence-corrected chi connectivity index (χ0v) is 22.4. The van der Waals surface area contributed by atoms with E-state index in [1.165, 1.54) is 19.3 Å². The maximum Gasteiger partial charge on any atom is 0.320 e. The molecule has 5 nitrogen and oxygen atoms in total. The van der Waals surface area contributed by atoms with Crippen LogP contribution in [-0.2, 0) is 6.54 Å². The lowest BCUT2D eigenvalue weighted by Gasteiger charge is -2.52. The van der Waals surface area contributed by atoms with E-state index in [2.05, 4.69) is 53.9 Å². The number of hydrogen-bond donors (Lipinski definition) is 0. The topological polar surface area (TPSA) is 36.0 Å². The third-order valence-electron chi connectivity index (χ3n) is 9.45. The van der Waals surface area contributed by atoms with Crippen molar-refractivity contribution < 1.29 is 13.9 Å². The normalized spacial score (nSPS) is 31.1. The van der Waals surface area contributed by atoms with Crippen LogP contribution >= 0.6 is 0 Å². The highest BCUT2D eigenvalue weighted by atomic mass is 19.1. The number of ether oxygens (including phenoxy) is 1. The Morgan fingerprint density at radius 1 is 1.11 bits per heavy atom. The van der Waals surface area contributed by atoms with Gasteiger partial charge in [-0.15, -0.1) is 0 Å². The summed E-state index contributed by atoms with van der Waals surface area (Å²) >= 11 is 0. The van der Waals surface area contributed by atoms with Gasteiger partial charge in [0, 0.05) is 31.6 Å². The minimum atomic E-state index is -0.175. The van der Waals surface area contributed by atoms with Gasteiger partial charge >= 0.3 is 6.03 Å². The molecule has 196 valence electrons. The number of hydrogen-bond acceptors (Lipinski definition) is 3. The molecule has 2 amide bonds. The second-order valence-corrected chi connectivity index (χ2v) is 11.9. The van der Waals surface area contributed by atoms with Crippen molar-refractivity contribution in [2.75, 3.05) is 34.3 Å². The zero-order valence-electron chi connectivity index (χ0n) is 22.4. The van der Waals surface area contributed by atoms with Crippen molar-refractivity contribution >= 4 is 6.03 Å². The molecule has 1 aromatic rings. The van der Waals surface area contributed by atoms with Crippen molar-refractivity contribution in [1.29, 1.82) is 0 Å². The number of carbonyl (C=O) groups excluding carboxylic acids is 1. The molecule has 1 atom stereocenters. The summed E-state index contributed by atoms with van der Waals surface area (Å²) in [7, 11) is 5.93. The molecule has 0 aromatic heterocycles. The quantitative estimate of drug-likeness (QED) is 0.454. The van der Waals surface area contributed by atoms with Crippen LogP contribution in [0.4, 0.5) is 9.18 Å². The molecule has 1 unspecified atom stereocenters. The molecule has 6 heteroatoms. The molecular weight excluding hydrogens is 453 g/mol. The van der Waals surface area contributed by atoms with E-state index in [1.807, 2.05) is 12.1 Å². The van der Waals surface area contributed by atoms with E-state index < -0.39 is 0 Å². The summed E-state index contributed by atoms with van der Waals surface area (Å²) in [5, 5.41) is 0. The van der Waals surface area contributed by atoms with Crippen LogP contribution in [0.15, 0.2) is 47.8 Å². The first-order valence-electron chi connectivity index (χ1n) is 13.7. The Morgan fingerprint density at radius 3 is 2.36 bits per heavy atom. The first kappa shape index (κ1) is 25.3. The molecule has 1 aromatic carbocycles. The summed E-state index contributed by atoms with van der Waals surface area (Å²) in [5.74, 6) is 1.68. The van der Waals surface area contributed by atoms with Crippen molar-refractivity contribution in [2.24, 2.45) is 11.8 Å². The van der Waals surface area contributed by atoms with Gasteiger partial charge in [0.25, 0.3) is 0 Å². The lowest BCUT2D eigenvalue weighted by molar-refractivity contribution is 0.0361. The van der Waals surface area contributed by atoms with Gasteiger partial charge in [-0.3, -0.25) is 4.90 Å². The van der Waals surface area contributed by atoms with Crippen molar-refractivity contribution in [2.45, 2.75) is 75.9 Å². The highest BCUT2D eigenvalue weighted by molar-refractivity contribution is 5.78. The van der Waals surface area contributed by atoms with Gasteiger partial charge in [0.2, 0.25) is 0 Å². The molecule has 36 heavy (non-hydrogen) atoms. The van der Waals surface area contributed by atoms with Crippen LogP contribution in [0.1, 0.15) is 63.9 Å². The van der Waals surface area contributed by atoms with Gasteiger partial charge in [-0.05, 0) is 93.8 Å². The fourth-order valence-electron chi connectivity index (χ4n) is 6.95. The maximum atomic E-state index is 14.5. The number of rotatable bonds is 7. The van der Waals surface area contributed by atoms with Crippen molar-refractivity contribution in [1.82, 2.24) is 14.7 Å². The van der Waals surface area contributed by atoms with Crippen LogP contribution in [0.25, 0.3) is 0 Å². The number of methoxy groups -OCH3 is 1. The van der Waals surface area contributed by atoms with E-state index in [-0.39, 0.29) is 28.9 Å². The number of benzene rings is 1. The van der Waals surface area contributed by atoms with Gasteiger partial charge in [-0.1, -0.05) is 31.6 Å². The largest absolute Gasteiger partial charge is 0.497 e. The Kier molecular flexibility index (Phi) is 6.92. The van der Waals surface area contributed by atoms with Crippen molar-refractivity contribution in [3.8, 4) is 5.75 Å². The van der Waals surface area contributed by atoms with E-state index in [0.29, 0.717) is 18.9 Å². The molecule has 2 saturated carbocycles. The smallest absolute Gasteiger partial charge is 0.320 e. The number of allylic oxidation sites excluding steroid dienone is 2. The fourth-order valence-corrected chi connectivity index (χ4v) is 6.95. The van der Waals surface area contributed by atoms with Crippen LogP contribution in [0, 0.1) is 11.8 Å². The van der Waals surface area contributed by atoms with Crippen LogP contribution in [0.3, 0.4) is 0 Å². The third-order valence-corrected chi connectivity index (χ3v) is 9.45. The number of amides is 2. The van der Waals surface area contributed by atoms with Crippen LogP contribution in [-0.4, -0.2) is 66.1 Å². The Bertz CT molecular complexity index is 1020. The molecule has 0 bridgehead atoms. The first-order chi connectivity index (χ1) is 17.2. The lowest BCUT2D eigenvalue weighted by atomic mass is 9.66. The molecular formula is C30H42FN3O2. The number of halogens is 1. The monoisotopic (exact) mass is 495 g/mol. The molecule has 3 fully saturated rings. The molecule has 1 heterocycles. The van der Waals surface area contributed by atoms with E-state index in [0.717, 1.165) is 55.7 Å². The number of carbonyl (C=O) groups is 1. The summed E-state index contributed by atoms with van der Waals surface area (Å²) in [6.07, 6.45) is 12.1. The number of urea groups is 1. The van der Waals surface area contributed by atoms with Gasteiger partial charge in [0.15, 0.2) is 0 Å². The average Bonchev–Trinajstić information content (AvgIpc) is 3.06. The molecule has 1 spiro atoms. The van der Waals surface area contributed by atoms with E-state index in [4.69, 9.17) is 4.74 Å². The molecule has 5 rings (SSSR count). The zero-order chi connectivity index (χ0) is 25.5. The average molecular weight is 496 g/mol. The molecule has 1 aliphatic heterocycles. The lowest BCUT2D eigenvalue weighted by Crippen LogP contribution is -2.58. The van der Waals surface area contributed by atoms with Crippen molar-refractivity contribution in [3.63, 3.8) is 0 Å². The predicted octanol–water partition coefficient (Wildman–Crippen LogP) is 6.17. The van der Waals surface area contributed by atoms with Crippen LogP contribution in [0.5, 0.6) is 5.75 Å². The van der Waals surface area contributed by atoms with Gasteiger partial charge in [0.1, 0.15) is 11.6 Å². The van der Waals surface area contributed by atoms with Gasteiger partial charge in [-0.2, -0.15) is 0 Å². The minimum absolute atomic E-state index is 0.00478. The summed E-state index contributed by atoms with van der Waals surface area (Å²) in [4.78, 5) is 20.4.